The summed E-state index contributed by atoms with van der Waals surface area (Å²) in [5, 5.41) is 19.9. The van der Waals surface area contributed by atoms with Crippen molar-refractivity contribution in [2.75, 3.05) is 32.9 Å². The summed E-state index contributed by atoms with van der Waals surface area (Å²) in [5.74, 6) is 0. The van der Waals surface area contributed by atoms with Gasteiger partial charge in [0.1, 0.15) is 6.23 Å². The van der Waals surface area contributed by atoms with E-state index in [1.54, 1.807) is 0 Å². The topological polar surface area (TPSA) is 87.7 Å². The predicted molar refractivity (Wildman–Crippen MR) is 41.0 cm³/mol. The molecular weight excluding hydrogens is 148 g/mol. The van der Waals surface area contributed by atoms with E-state index in [0.29, 0.717) is 19.7 Å². The zero-order valence-corrected chi connectivity index (χ0v) is 6.49. The standard InChI is InChI=1S/C6H16N2O3/c7-1-4-11-6(5-10)8-2-3-9/h6,8-10H,1-5,7H2. The highest BCUT2D eigenvalue weighted by Gasteiger charge is 2.03. The first-order valence-electron chi connectivity index (χ1n) is 3.62. The van der Waals surface area contributed by atoms with Crippen molar-refractivity contribution in [3.8, 4) is 0 Å². The molecule has 0 heterocycles. The summed E-state index contributed by atoms with van der Waals surface area (Å²) in [7, 11) is 0. The van der Waals surface area contributed by atoms with Gasteiger partial charge in [-0.3, -0.25) is 5.32 Å². The Labute approximate surface area is 66.2 Å². The minimum absolute atomic E-state index is 0.0302. The molecule has 0 aromatic rings. The molecule has 0 aromatic heterocycles. The summed E-state index contributed by atoms with van der Waals surface area (Å²) in [5.41, 5.74) is 5.18. The molecule has 0 radical (unpaired) electrons. The van der Waals surface area contributed by atoms with Gasteiger partial charge in [-0.1, -0.05) is 0 Å². The summed E-state index contributed by atoms with van der Waals surface area (Å²) in [6.07, 6.45) is -0.411. The molecule has 1 atom stereocenters. The van der Waals surface area contributed by atoms with E-state index in [9.17, 15) is 0 Å². The Morgan fingerprint density at radius 3 is 2.64 bits per heavy atom. The first-order chi connectivity index (χ1) is 5.35. The molecule has 0 spiro atoms. The fourth-order valence-electron chi connectivity index (χ4n) is 0.612. The average Bonchev–Trinajstić information content (AvgIpc) is 2.05. The number of hydrogen-bond donors (Lipinski definition) is 4. The summed E-state index contributed by atoms with van der Waals surface area (Å²) in [4.78, 5) is 0. The Bertz CT molecular complexity index is 74.2. The number of ether oxygens (including phenoxy) is 1. The fraction of sp³-hybridized carbons (Fsp3) is 1.00. The van der Waals surface area contributed by atoms with E-state index in [2.05, 4.69) is 5.32 Å². The summed E-state index contributed by atoms with van der Waals surface area (Å²) >= 11 is 0. The van der Waals surface area contributed by atoms with Crippen LogP contribution in [0.15, 0.2) is 0 Å². The first kappa shape index (κ1) is 10.8. The van der Waals surface area contributed by atoms with Gasteiger partial charge in [-0.15, -0.1) is 0 Å². The molecule has 0 aliphatic heterocycles. The van der Waals surface area contributed by atoms with E-state index < -0.39 is 6.23 Å². The van der Waals surface area contributed by atoms with Crippen LogP contribution in [0.2, 0.25) is 0 Å². The maximum atomic E-state index is 8.67. The van der Waals surface area contributed by atoms with E-state index in [4.69, 9.17) is 20.7 Å². The number of hydrogen-bond acceptors (Lipinski definition) is 5. The number of rotatable bonds is 7. The Morgan fingerprint density at radius 1 is 1.45 bits per heavy atom. The van der Waals surface area contributed by atoms with Crippen molar-refractivity contribution in [2.45, 2.75) is 6.23 Å². The Balaban J connectivity index is 3.25. The maximum absolute atomic E-state index is 8.67. The van der Waals surface area contributed by atoms with Crippen molar-refractivity contribution in [3.63, 3.8) is 0 Å². The minimum atomic E-state index is -0.411. The molecule has 0 aliphatic rings. The molecule has 0 rings (SSSR count). The van der Waals surface area contributed by atoms with Crippen LogP contribution in [0.1, 0.15) is 0 Å². The highest BCUT2D eigenvalue weighted by molar-refractivity contribution is 4.52. The normalized spacial score (nSPS) is 13.4. The van der Waals surface area contributed by atoms with Crippen LogP contribution < -0.4 is 11.1 Å². The SMILES string of the molecule is NCCOC(CO)NCCO. The van der Waals surface area contributed by atoms with Gasteiger partial charge >= 0.3 is 0 Å². The third-order valence-electron chi connectivity index (χ3n) is 1.09. The van der Waals surface area contributed by atoms with Gasteiger partial charge in [-0.2, -0.15) is 0 Å². The summed E-state index contributed by atoms with van der Waals surface area (Å²) < 4.78 is 5.05. The largest absolute Gasteiger partial charge is 0.395 e. The van der Waals surface area contributed by atoms with Gasteiger partial charge in [0.2, 0.25) is 0 Å². The lowest BCUT2D eigenvalue weighted by Gasteiger charge is -2.15. The second-order valence-electron chi connectivity index (χ2n) is 2.01. The van der Waals surface area contributed by atoms with Gasteiger partial charge in [0.05, 0.1) is 19.8 Å². The first-order valence-corrected chi connectivity index (χ1v) is 3.62. The van der Waals surface area contributed by atoms with E-state index >= 15 is 0 Å². The summed E-state index contributed by atoms with van der Waals surface area (Å²) in [6, 6.07) is 0. The van der Waals surface area contributed by atoms with Crippen molar-refractivity contribution < 1.29 is 14.9 Å². The van der Waals surface area contributed by atoms with Gasteiger partial charge in [-0.25, -0.2) is 0 Å². The van der Waals surface area contributed by atoms with Crippen molar-refractivity contribution in [3.05, 3.63) is 0 Å². The second kappa shape index (κ2) is 7.90. The van der Waals surface area contributed by atoms with Gasteiger partial charge in [-0.05, 0) is 0 Å². The van der Waals surface area contributed by atoms with Crippen LogP contribution >= 0.6 is 0 Å². The number of nitrogens with one attached hydrogen (secondary N) is 1. The average molecular weight is 164 g/mol. The van der Waals surface area contributed by atoms with Crippen LogP contribution in [0.3, 0.4) is 0 Å². The van der Waals surface area contributed by atoms with E-state index in [1.807, 2.05) is 0 Å². The Kier molecular flexibility index (Phi) is 7.76. The van der Waals surface area contributed by atoms with E-state index in [1.165, 1.54) is 0 Å². The zero-order valence-electron chi connectivity index (χ0n) is 6.49. The molecule has 5 N–H and O–H groups in total. The second-order valence-corrected chi connectivity index (χ2v) is 2.01. The molecule has 0 saturated heterocycles. The third-order valence-corrected chi connectivity index (χ3v) is 1.09. The molecule has 11 heavy (non-hydrogen) atoms. The summed E-state index contributed by atoms with van der Waals surface area (Å²) in [6.45, 7) is 1.17. The number of aliphatic hydroxyl groups is 2. The smallest absolute Gasteiger partial charge is 0.131 e. The highest BCUT2D eigenvalue weighted by Crippen LogP contribution is 1.83. The fourth-order valence-corrected chi connectivity index (χ4v) is 0.612. The van der Waals surface area contributed by atoms with Crippen LogP contribution in [0.5, 0.6) is 0 Å². The lowest BCUT2D eigenvalue weighted by Crippen LogP contribution is -2.37. The third kappa shape index (κ3) is 6.21. The lowest BCUT2D eigenvalue weighted by atomic mass is 10.5. The van der Waals surface area contributed by atoms with Crippen LogP contribution in [0.4, 0.5) is 0 Å². The van der Waals surface area contributed by atoms with E-state index in [0.717, 1.165) is 0 Å². The quantitative estimate of drug-likeness (QED) is 0.323. The molecule has 0 bridgehead atoms. The maximum Gasteiger partial charge on any atom is 0.131 e. The van der Waals surface area contributed by atoms with Crippen LogP contribution in [-0.2, 0) is 4.74 Å². The van der Waals surface area contributed by atoms with Gasteiger partial charge in [0.25, 0.3) is 0 Å². The van der Waals surface area contributed by atoms with Crippen molar-refractivity contribution in [1.29, 1.82) is 0 Å². The van der Waals surface area contributed by atoms with Crippen LogP contribution in [0.25, 0.3) is 0 Å². The van der Waals surface area contributed by atoms with Crippen molar-refractivity contribution in [2.24, 2.45) is 5.73 Å². The Morgan fingerprint density at radius 2 is 2.18 bits per heavy atom. The monoisotopic (exact) mass is 164 g/mol. The van der Waals surface area contributed by atoms with Crippen LogP contribution in [-0.4, -0.2) is 49.4 Å². The molecule has 68 valence electrons. The molecule has 0 aliphatic carbocycles. The number of nitrogens with two attached hydrogens (primary N) is 1. The minimum Gasteiger partial charge on any atom is -0.395 e. The molecule has 0 saturated carbocycles. The zero-order chi connectivity index (χ0) is 8.53. The van der Waals surface area contributed by atoms with E-state index in [-0.39, 0.29) is 13.2 Å². The predicted octanol–water partition coefficient (Wildman–Crippen LogP) is -2.14. The van der Waals surface area contributed by atoms with Gasteiger partial charge in [0, 0.05) is 13.1 Å². The molecule has 0 aromatic carbocycles. The molecule has 0 fully saturated rings. The number of aliphatic hydroxyl groups excluding tert-OH is 2. The highest BCUT2D eigenvalue weighted by atomic mass is 16.5. The van der Waals surface area contributed by atoms with Gasteiger partial charge in [0.15, 0.2) is 0 Å². The van der Waals surface area contributed by atoms with Crippen LogP contribution in [0, 0.1) is 0 Å². The molecule has 1 unspecified atom stereocenters. The Hall–Kier alpha value is -0.200. The van der Waals surface area contributed by atoms with Gasteiger partial charge < -0.3 is 20.7 Å². The molecule has 5 nitrogen and oxygen atoms in total. The molecular formula is C6H16N2O3. The molecule has 5 heteroatoms. The molecule has 0 amide bonds. The van der Waals surface area contributed by atoms with Crippen molar-refractivity contribution in [1.82, 2.24) is 5.32 Å². The van der Waals surface area contributed by atoms with Crippen molar-refractivity contribution >= 4 is 0 Å². The lowest BCUT2D eigenvalue weighted by molar-refractivity contribution is -0.00610.